The molecule has 1 amide bonds. The Morgan fingerprint density at radius 3 is 2.29 bits per heavy atom. The number of phenols is 1. The highest BCUT2D eigenvalue weighted by Crippen LogP contribution is 2.52. The van der Waals surface area contributed by atoms with Crippen LogP contribution in [-0.2, 0) is 20.8 Å². The van der Waals surface area contributed by atoms with Crippen LogP contribution in [0.4, 0.5) is 5.69 Å². The Balaban J connectivity index is 1.90. The maximum absolute atomic E-state index is 13.8. The number of phenolic OH excluding ortho intramolecular Hbond substituents is 1. The SMILES string of the molecule is Cc1cc(N(C)C)c2c(c1O)C(=O)C1C(=O)[C@@]3(O)C(=O)C(C(N)=O)C(O)C(N(C)C)[C@H]3C[C@H]1C2. The lowest BCUT2D eigenvalue weighted by Gasteiger charge is -2.55. The number of likely N-dealkylation sites (N-methyl/N-ethyl adjacent to an activating group) is 1. The van der Waals surface area contributed by atoms with Crippen LogP contribution in [0, 0.1) is 30.6 Å². The number of aliphatic hydroxyl groups is 2. The van der Waals surface area contributed by atoms with Crippen molar-refractivity contribution in [3.8, 4) is 5.75 Å². The van der Waals surface area contributed by atoms with Gasteiger partial charge in [0, 0.05) is 31.7 Å². The molecular weight excluding hydrogens is 442 g/mol. The number of benzene rings is 1. The lowest BCUT2D eigenvalue weighted by molar-refractivity contribution is -0.190. The molecule has 10 nitrogen and oxygen atoms in total. The fraction of sp³-hybridized carbons (Fsp3) is 0.583. The zero-order chi connectivity index (χ0) is 25.4. The van der Waals surface area contributed by atoms with E-state index in [2.05, 4.69) is 0 Å². The summed E-state index contributed by atoms with van der Waals surface area (Å²) >= 11 is 0. The number of nitrogens with two attached hydrogens (primary N) is 1. The standard InChI is InChI=1S/C24H31N3O7/c1-9-6-13(26(2)3)11-7-10-8-12-17(27(4)5)20(30)16(23(25)33)22(32)24(12,34)21(31)14(10)19(29)15(11)18(9)28/h6,10,12,14,16-17,20,28,30,34H,7-8H2,1-5H3,(H2,25,33)/t10-,12-,14?,16?,17?,20?,24-/m1/s1. The van der Waals surface area contributed by atoms with Gasteiger partial charge in [0.1, 0.15) is 11.7 Å². The number of carbonyl (C=O) groups excluding carboxylic acids is 4. The number of hydrogen-bond acceptors (Lipinski definition) is 9. The first-order chi connectivity index (χ1) is 15.7. The Hall–Kier alpha value is -2.82. The van der Waals surface area contributed by atoms with Crippen LogP contribution in [0.25, 0.3) is 0 Å². The van der Waals surface area contributed by atoms with Gasteiger partial charge in [0.25, 0.3) is 0 Å². The Bertz CT molecular complexity index is 1110. The van der Waals surface area contributed by atoms with Crippen molar-refractivity contribution in [3.05, 3.63) is 22.8 Å². The van der Waals surface area contributed by atoms with E-state index in [4.69, 9.17) is 5.73 Å². The van der Waals surface area contributed by atoms with Gasteiger partial charge in [-0.1, -0.05) is 0 Å². The first-order valence-electron chi connectivity index (χ1n) is 11.3. The first-order valence-corrected chi connectivity index (χ1v) is 11.3. The number of primary amides is 1. The maximum Gasteiger partial charge on any atom is 0.230 e. The predicted molar refractivity (Wildman–Crippen MR) is 121 cm³/mol. The lowest BCUT2D eigenvalue weighted by Crippen LogP contribution is -2.75. The van der Waals surface area contributed by atoms with Crippen molar-refractivity contribution < 1.29 is 34.5 Å². The summed E-state index contributed by atoms with van der Waals surface area (Å²) in [5, 5.41) is 33.2. The summed E-state index contributed by atoms with van der Waals surface area (Å²) in [6, 6.07) is 0.859. The van der Waals surface area contributed by atoms with Crippen LogP contribution in [0.5, 0.6) is 5.75 Å². The van der Waals surface area contributed by atoms with E-state index in [0.717, 1.165) is 5.69 Å². The molecule has 0 radical (unpaired) electrons. The molecule has 2 saturated carbocycles. The minimum absolute atomic E-state index is 0.0271. The topological polar surface area (TPSA) is 161 Å². The van der Waals surface area contributed by atoms with Crippen molar-refractivity contribution in [2.24, 2.45) is 29.4 Å². The number of carbonyl (C=O) groups is 4. The molecule has 5 N–H and O–H groups in total. The molecule has 3 aliphatic carbocycles. The molecule has 1 aromatic rings. The van der Waals surface area contributed by atoms with E-state index in [1.54, 1.807) is 32.0 Å². The van der Waals surface area contributed by atoms with E-state index in [1.807, 2.05) is 19.0 Å². The van der Waals surface area contributed by atoms with Crippen molar-refractivity contribution in [1.82, 2.24) is 4.90 Å². The number of Topliss-reactive ketones (excluding diaryl/α,β-unsaturated/α-hetero) is 3. The van der Waals surface area contributed by atoms with Gasteiger partial charge in [-0.05, 0) is 57.0 Å². The number of nitrogens with zero attached hydrogens (tertiary/aromatic N) is 2. The molecule has 7 atom stereocenters. The number of rotatable bonds is 3. The maximum atomic E-state index is 13.8. The minimum atomic E-state index is -2.65. The van der Waals surface area contributed by atoms with Gasteiger partial charge in [-0.3, -0.25) is 19.2 Å². The van der Waals surface area contributed by atoms with Crippen molar-refractivity contribution in [1.29, 1.82) is 0 Å². The molecule has 0 bridgehead atoms. The summed E-state index contributed by atoms with van der Waals surface area (Å²) < 4.78 is 0. The summed E-state index contributed by atoms with van der Waals surface area (Å²) in [5.41, 5.74) is 4.57. The second-order valence-electron chi connectivity index (χ2n) is 10.3. The predicted octanol–water partition coefficient (Wildman–Crippen LogP) is -0.967. The molecule has 1 aromatic carbocycles. The average molecular weight is 474 g/mol. The number of anilines is 1. The molecule has 0 spiro atoms. The molecular formula is C24H31N3O7. The van der Waals surface area contributed by atoms with Crippen LogP contribution in [-0.4, -0.2) is 89.4 Å². The van der Waals surface area contributed by atoms with E-state index >= 15 is 0 Å². The van der Waals surface area contributed by atoms with E-state index in [9.17, 15) is 34.5 Å². The summed E-state index contributed by atoms with van der Waals surface area (Å²) in [6.07, 6.45) is -1.14. The average Bonchev–Trinajstić information content (AvgIpc) is 2.72. The largest absolute Gasteiger partial charge is 0.507 e. The molecule has 2 fully saturated rings. The highest BCUT2D eigenvalue weighted by molar-refractivity contribution is 6.25. The molecule has 4 rings (SSSR count). The normalized spacial score (nSPS) is 35.0. The van der Waals surface area contributed by atoms with Gasteiger partial charge >= 0.3 is 0 Å². The second kappa shape index (κ2) is 7.86. The Morgan fingerprint density at radius 1 is 1.15 bits per heavy atom. The lowest BCUT2D eigenvalue weighted by atomic mass is 9.52. The van der Waals surface area contributed by atoms with Crippen molar-refractivity contribution in [2.75, 3.05) is 33.1 Å². The number of aryl methyl sites for hydroxylation is 1. The van der Waals surface area contributed by atoms with Gasteiger partial charge in [0.2, 0.25) is 5.91 Å². The van der Waals surface area contributed by atoms with Gasteiger partial charge in [0.05, 0.1) is 17.6 Å². The molecule has 4 unspecified atom stereocenters. The Morgan fingerprint density at radius 2 is 1.76 bits per heavy atom. The highest BCUT2D eigenvalue weighted by Gasteiger charge is 2.69. The summed E-state index contributed by atoms with van der Waals surface area (Å²) in [4.78, 5) is 56.2. The summed E-state index contributed by atoms with van der Waals surface area (Å²) in [5.74, 6) is -8.90. The third-order valence-electron chi connectivity index (χ3n) is 7.94. The third-order valence-corrected chi connectivity index (χ3v) is 7.94. The van der Waals surface area contributed by atoms with Crippen molar-refractivity contribution in [3.63, 3.8) is 0 Å². The van der Waals surface area contributed by atoms with Gasteiger partial charge in [-0.2, -0.15) is 0 Å². The van der Waals surface area contributed by atoms with Crippen LogP contribution >= 0.6 is 0 Å². The number of aromatic hydroxyl groups is 1. The Kier molecular flexibility index (Phi) is 5.62. The van der Waals surface area contributed by atoms with Crippen LogP contribution in [0.15, 0.2) is 6.07 Å². The molecule has 10 heteroatoms. The van der Waals surface area contributed by atoms with Gasteiger partial charge in [0.15, 0.2) is 23.0 Å². The summed E-state index contributed by atoms with van der Waals surface area (Å²) in [7, 11) is 6.86. The van der Waals surface area contributed by atoms with E-state index in [-0.39, 0.29) is 24.2 Å². The monoisotopic (exact) mass is 473 g/mol. The van der Waals surface area contributed by atoms with E-state index < -0.39 is 64.7 Å². The number of hydrogen-bond donors (Lipinski definition) is 4. The highest BCUT2D eigenvalue weighted by atomic mass is 16.3. The Labute approximate surface area is 197 Å². The van der Waals surface area contributed by atoms with E-state index in [1.165, 1.54) is 0 Å². The van der Waals surface area contributed by atoms with Crippen LogP contribution < -0.4 is 10.6 Å². The molecule has 184 valence electrons. The van der Waals surface area contributed by atoms with Crippen LogP contribution in [0.3, 0.4) is 0 Å². The quantitative estimate of drug-likeness (QED) is 0.405. The molecule has 3 aliphatic rings. The number of ketones is 3. The third kappa shape index (κ3) is 3.05. The fourth-order valence-corrected chi connectivity index (χ4v) is 6.40. The van der Waals surface area contributed by atoms with Gasteiger partial charge < -0.3 is 30.9 Å². The summed E-state index contributed by atoms with van der Waals surface area (Å²) in [6.45, 7) is 1.65. The molecule has 0 aliphatic heterocycles. The van der Waals surface area contributed by atoms with Crippen LogP contribution in [0.2, 0.25) is 0 Å². The van der Waals surface area contributed by atoms with Gasteiger partial charge in [-0.15, -0.1) is 0 Å². The number of fused-ring (bicyclic) bond motifs is 3. The van der Waals surface area contributed by atoms with Crippen LogP contribution in [0.1, 0.15) is 27.9 Å². The second-order valence-corrected chi connectivity index (χ2v) is 10.3. The zero-order valence-electron chi connectivity index (χ0n) is 19.9. The molecule has 0 aromatic heterocycles. The zero-order valence-corrected chi connectivity index (χ0v) is 19.9. The molecule has 0 heterocycles. The first kappa shape index (κ1) is 24.3. The molecule has 34 heavy (non-hydrogen) atoms. The van der Waals surface area contributed by atoms with Crippen molar-refractivity contribution in [2.45, 2.75) is 37.5 Å². The van der Waals surface area contributed by atoms with E-state index in [0.29, 0.717) is 11.1 Å². The minimum Gasteiger partial charge on any atom is -0.507 e. The van der Waals surface area contributed by atoms with Gasteiger partial charge in [-0.25, -0.2) is 0 Å². The number of aliphatic hydroxyl groups excluding tert-OH is 1. The number of amides is 1. The molecule has 0 saturated heterocycles. The fourth-order valence-electron chi connectivity index (χ4n) is 6.40. The van der Waals surface area contributed by atoms with Crippen molar-refractivity contribution >= 4 is 28.9 Å². The smallest absolute Gasteiger partial charge is 0.230 e.